The molecule has 1 aromatic heterocycles. The van der Waals surface area contributed by atoms with Crippen molar-refractivity contribution in [2.45, 2.75) is 57.7 Å². The average Bonchev–Trinajstić information content (AvgIpc) is 3.25. The second-order valence-electron chi connectivity index (χ2n) is 9.41. The van der Waals surface area contributed by atoms with Gasteiger partial charge >= 0.3 is 7.12 Å². The van der Waals surface area contributed by atoms with Crippen LogP contribution in [0.1, 0.15) is 52.3 Å². The van der Waals surface area contributed by atoms with E-state index in [1.165, 1.54) is 6.21 Å². The van der Waals surface area contributed by atoms with E-state index in [9.17, 15) is 4.39 Å². The lowest BCUT2D eigenvalue weighted by Crippen LogP contribution is -2.41. The van der Waals surface area contributed by atoms with Crippen molar-refractivity contribution in [1.82, 2.24) is 9.88 Å². The van der Waals surface area contributed by atoms with E-state index in [0.717, 1.165) is 54.6 Å². The Hall–Kier alpha value is -2.36. The average molecular weight is 440 g/mol. The minimum atomic E-state index is -0.499. The molecule has 2 aromatic rings. The number of hydrogen-bond donors (Lipinski definition) is 0. The fourth-order valence-corrected chi connectivity index (χ4v) is 3.95. The van der Waals surface area contributed by atoms with E-state index in [0.29, 0.717) is 6.67 Å². The zero-order valence-electron chi connectivity index (χ0n) is 19.2. The maximum Gasteiger partial charge on any atom is 0.494 e. The molecule has 2 saturated heterocycles. The second-order valence-corrected chi connectivity index (χ2v) is 9.41. The van der Waals surface area contributed by atoms with Gasteiger partial charge in [0.25, 0.3) is 0 Å². The van der Waals surface area contributed by atoms with Gasteiger partial charge in [0, 0.05) is 19.0 Å². The lowest BCUT2D eigenvalue weighted by atomic mass is 9.79. The second kappa shape index (κ2) is 8.88. The summed E-state index contributed by atoms with van der Waals surface area (Å²) in [7, 11) is -0.421. The molecule has 32 heavy (non-hydrogen) atoms. The molecule has 2 fully saturated rings. The summed E-state index contributed by atoms with van der Waals surface area (Å²) in [6, 6.07) is 5.92. The van der Waals surface area contributed by atoms with Gasteiger partial charge in [-0.3, -0.25) is 14.9 Å². The normalized spacial score (nSPS) is 22.3. The summed E-state index contributed by atoms with van der Waals surface area (Å²) in [5, 5.41) is 0. The smallest absolute Gasteiger partial charge is 0.440 e. The van der Waals surface area contributed by atoms with E-state index in [1.807, 2.05) is 45.9 Å². The topological polar surface area (TPSA) is 72.5 Å². The van der Waals surface area contributed by atoms with Gasteiger partial charge in [0.05, 0.1) is 30.3 Å². The van der Waals surface area contributed by atoms with Crippen LogP contribution in [0.25, 0.3) is 11.1 Å². The van der Waals surface area contributed by atoms with Crippen molar-refractivity contribution in [3.8, 4) is 0 Å². The van der Waals surface area contributed by atoms with Gasteiger partial charge < -0.3 is 13.7 Å². The molecule has 9 heteroatoms. The SMILES string of the molecule is C=N/C=C(F)\C=N/CN1CCC(c2nc3cc(B4OC(C)(C)C(C)(C)O4)ccc3o2)CC1. The van der Waals surface area contributed by atoms with Crippen molar-refractivity contribution < 1.29 is 18.1 Å². The van der Waals surface area contributed by atoms with Gasteiger partial charge in [0.15, 0.2) is 17.3 Å². The van der Waals surface area contributed by atoms with E-state index in [1.54, 1.807) is 0 Å². The van der Waals surface area contributed by atoms with Crippen LogP contribution in [0.2, 0.25) is 0 Å². The van der Waals surface area contributed by atoms with Crippen LogP contribution in [0, 0.1) is 0 Å². The highest BCUT2D eigenvalue weighted by molar-refractivity contribution is 6.62. The lowest BCUT2D eigenvalue weighted by molar-refractivity contribution is 0.00578. The number of aromatic nitrogens is 1. The standard InChI is InChI=1S/C23H30BFN4O3/c1-22(2)23(3,4)32-24(31-22)17-6-7-20-19(12-17)28-21(30-20)16-8-10-29(11-9-16)15-27-14-18(25)13-26-5/h6-7,12-14,16H,5,8-11,15H2,1-4H3/b18-13+,27-14-. The van der Waals surface area contributed by atoms with Crippen molar-refractivity contribution in [1.29, 1.82) is 0 Å². The third kappa shape index (κ3) is 4.70. The van der Waals surface area contributed by atoms with Gasteiger partial charge in [-0.25, -0.2) is 9.37 Å². The predicted molar refractivity (Wildman–Crippen MR) is 125 cm³/mol. The molecule has 0 amide bonds. The van der Waals surface area contributed by atoms with Crippen LogP contribution in [0.3, 0.4) is 0 Å². The molecule has 0 atom stereocenters. The molecule has 0 unspecified atom stereocenters. The van der Waals surface area contributed by atoms with E-state index in [4.69, 9.17) is 18.7 Å². The molecule has 2 aliphatic rings. The number of piperidine rings is 1. The molecule has 170 valence electrons. The van der Waals surface area contributed by atoms with Crippen LogP contribution < -0.4 is 5.46 Å². The number of allylic oxidation sites excluding steroid dienone is 1. The Balaban J connectivity index is 1.39. The van der Waals surface area contributed by atoms with Gasteiger partial charge in [-0.15, -0.1) is 0 Å². The van der Waals surface area contributed by atoms with E-state index < -0.39 is 12.9 Å². The van der Waals surface area contributed by atoms with Gasteiger partial charge in [0.2, 0.25) is 0 Å². The number of aliphatic imine (C=N–C) groups is 2. The third-order valence-corrected chi connectivity index (χ3v) is 6.60. The Bertz CT molecular complexity index is 1030. The Kier molecular flexibility index (Phi) is 6.34. The monoisotopic (exact) mass is 440 g/mol. The predicted octanol–water partition coefficient (Wildman–Crippen LogP) is 3.85. The summed E-state index contributed by atoms with van der Waals surface area (Å²) in [6.07, 6.45) is 4.05. The number of oxazole rings is 1. The van der Waals surface area contributed by atoms with E-state index in [2.05, 4.69) is 21.6 Å². The van der Waals surface area contributed by atoms with Crippen molar-refractivity contribution in [3.05, 3.63) is 36.1 Å². The van der Waals surface area contributed by atoms with Crippen LogP contribution in [0.4, 0.5) is 4.39 Å². The maximum absolute atomic E-state index is 13.3. The van der Waals surface area contributed by atoms with Gasteiger partial charge in [-0.2, -0.15) is 0 Å². The molecular formula is C23H30BFN4O3. The number of halogens is 1. The minimum Gasteiger partial charge on any atom is -0.440 e. The molecule has 0 spiro atoms. The molecule has 7 nitrogen and oxygen atoms in total. The zero-order valence-corrected chi connectivity index (χ0v) is 19.2. The quantitative estimate of drug-likeness (QED) is 0.504. The molecule has 0 saturated carbocycles. The van der Waals surface area contributed by atoms with E-state index in [-0.39, 0.29) is 17.1 Å². The summed E-state index contributed by atoms with van der Waals surface area (Å²) >= 11 is 0. The molecular weight excluding hydrogens is 410 g/mol. The minimum absolute atomic E-state index is 0.254. The van der Waals surface area contributed by atoms with Crippen molar-refractivity contribution in [2.75, 3.05) is 19.8 Å². The van der Waals surface area contributed by atoms with Gasteiger partial charge in [-0.1, -0.05) is 6.07 Å². The summed E-state index contributed by atoms with van der Waals surface area (Å²) in [6.45, 7) is 13.6. The van der Waals surface area contributed by atoms with Crippen LogP contribution in [-0.2, 0) is 9.31 Å². The number of likely N-dealkylation sites (tertiary alicyclic amines) is 1. The van der Waals surface area contributed by atoms with Crippen molar-refractivity contribution in [3.63, 3.8) is 0 Å². The first-order valence-corrected chi connectivity index (χ1v) is 11.0. The van der Waals surface area contributed by atoms with Crippen LogP contribution >= 0.6 is 0 Å². The molecule has 0 radical (unpaired) electrons. The van der Waals surface area contributed by atoms with Gasteiger partial charge in [0.1, 0.15) is 5.52 Å². The number of benzene rings is 1. The molecule has 0 N–H and O–H groups in total. The Morgan fingerprint density at radius 2 is 1.94 bits per heavy atom. The van der Waals surface area contributed by atoms with Gasteiger partial charge in [-0.05, 0) is 64.8 Å². The lowest BCUT2D eigenvalue weighted by Gasteiger charge is -2.32. The molecule has 0 aliphatic carbocycles. The number of rotatable bonds is 6. The largest absolute Gasteiger partial charge is 0.494 e. The Morgan fingerprint density at radius 1 is 1.25 bits per heavy atom. The first-order valence-electron chi connectivity index (χ1n) is 11.0. The highest BCUT2D eigenvalue weighted by Gasteiger charge is 2.51. The number of fused-ring (bicyclic) bond motifs is 1. The van der Waals surface area contributed by atoms with Crippen LogP contribution in [-0.4, -0.2) is 60.9 Å². The molecule has 2 aliphatic heterocycles. The summed E-state index contributed by atoms with van der Waals surface area (Å²) < 4.78 is 31.7. The fourth-order valence-electron chi connectivity index (χ4n) is 3.95. The maximum atomic E-state index is 13.3. The molecule has 0 bridgehead atoms. The van der Waals surface area contributed by atoms with E-state index >= 15 is 0 Å². The van der Waals surface area contributed by atoms with Crippen molar-refractivity contribution >= 4 is 36.6 Å². The molecule has 1 aromatic carbocycles. The first kappa shape index (κ1) is 22.8. The molecule has 3 heterocycles. The van der Waals surface area contributed by atoms with Crippen molar-refractivity contribution in [2.24, 2.45) is 9.98 Å². The highest BCUT2D eigenvalue weighted by atomic mass is 19.1. The number of hydrogen-bond acceptors (Lipinski definition) is 7. The first-order chi connectivity index (χ1) is 15.2. The summed E-state index contributed by atoms with van der Waals surface area (Å²) in [4.78, 5) is 14.5. The summed E-state index contributed by atoms with van der Waals surface area (Å²) in [5.74, 6) is 0.519. The third-order valence-electron chi connectivity index (χ3n) is 6.60. The highest BCUT2D eigenvalue weighted by Crippen LogP contribution is 2.37. The molecule has 4 rings (SSSR count). The number of nitrogens with zero attached hydrogens (tertiary/aromatic N) is 4. The van der Waals surface area contributed by atoms with Crippen LogP contribution in [0.5, 0.6) is 0 Å². The fraction of sp³-hybridized carbons (Fsp3) is 0.522. The Morgan fingerprint density at radius 3 is 2.59 bits per heavy atom. The zero-order chi connectivity index (χ0) is 22.9. The van der Waals surface area contributed by atoms with Crippen LogP contribution in [0.15, 0.2) is 44.6 Å². The Labute approximate surface area is 188 Å². The summed E-state index contributed by atoms with van der Waals surface area (Å²) in [5.41, 5.74) is 1.76.